The average molecular weight is 999 g/mol. The van der Waals surface area contributed by atoms with Crippen LogP contribution in [0.2, 0.25) is 0 Å². The number of anilines is 2. The second-order valence-electron chi connectivity index (χ2n) is 17.7. The van der Waals surface area contributed by atoms with Crippen molar-refractivity contribution in [1.82, 2.24) is 49.8 Å². The maximum Gasteiger partial charge on any atom is 0.292 e. The Hall–Kier alpha value is -7.78. The van der Waals surface area contributed by atoms with Crippen LogP contribution in [0, 0.1) is 51.0 Å². The van der Waals surface area contributed by atoms with Gasteiger partial charge in [-0.1, -0.05) is 61.8 Å². The van der Waals surface area contributed by atoms with Gasteiger partial charge in [0.2, 0.25) is 0 Å². The summed E-state index contributed by atoms with van der Waals surface area (Å²) in [5.41, 5.74) is 2.66. The molecule has 0 unspecified atom stereocenters. The molecule has 4 N–H and O–H groups in total. The molecular formula is C50H58F4N12O6. The van der Waals surface area contributed by atoms with Crippen molar-refractivity contribution >= 4 is 46.6 Å². The number of aryl methyl sites for hydroxylation is 2. The Labute approximate surface area is 412 Å². The highest BCUT2D eigenvalue weighted by atomic mass is 19.2. The van der Waals surface area contributed by atoms with Crippen molar-refractivity contribution in [2.75, 3.05) is 10.6 Å². The molecule has 0 aliphatic carbocycles. The van der Waals surface area contributed by atoms with Crippen molar-refractivity contribution in [3.63, 3.8) is 0 Å². The Bertz CT molecular complexity index is 2790. The SMILES string of the molecule is Cc1c(C(=O)C(=O)NCc2cn(CCCCCCCCCCCCn3cc(CNC(=O)C(=O)c4c(C)c(C(=O)Nc5ccc(F)c(F)c5)n(C)c4C)nn3)nn2)c(C)n(C)c1C(=O)Nc1ccc(F)c(F)c1. The van der Waals surface area contributed by atoms with E-state index in [1.165, 1.54) is 35.1 Å². The molecule has 6 aromatic rings. The Morgan fingerprint density at radius 1 is 0.500 bits per heavy atom. The number of nitrogens with zero attached hydrogens (tertiary/aromatic N) is 8. The first-order valence-corrected chi connectivity index (χ1v) is 23.6. The van der Waals surface area contributed by atoms with Gasteiger partial charge in [-0.3, -0.25) is 38.1 Å². The zero-order chi connectivity index (χ0) is 52.2. The van der Waals surface area contributed by atoms with E-state index in [0.29, 0.717) is 35.9 Å². The standard InChI is InChI=1S/C50H58F4N12O6/c1-29-41(31(3)63(5)43(29)47(69)57-33-17-19-37(51)39(53)23-33)45(67)49(71)55-25-35-27-65(61-59-35)21-15-13-11-9-7-8-10-12-14-16-22-66-28-36(60-62-66)26-56-50(72)46(68)42-30(2)44(64(6)32(42)4)48(70)58-34-18-20-38(52)40(54)24-34/h17-20,23-24,27-28H,7-16,21-22,25-26H2,1-6H3,(H,55,71)(H,56,72)(H,57,69)(H,58,70). The fourth-order valence-corrected chi connectivity index (χ4v) is 8.54. The van der Waals surface area contributed by atoms with E-state index < -0.39 is 58.5 Å². The van der Waals surface area contributed by atoms with Gasteiger partial charge in [0.1, 0.15) is 22.8 Å². The van der Waals surface area contributed by atoms with Gasteiger partial charge in [0, 0.05) is 62.1 Å². The molecule has 18 nitrogen and oxygen atoms in total. The molecule has 0 aliphatic heterocycles. The second-order valence-corrected chi connectivity index (χ2v) is 17.7. The molecule has 72 heavy (non-hydrogen) atoms. The summed E-state index contributed by atoms with van der Waals surface area (Å²) in [5, 5.41) is 26.7. The predicted octanol–water partition coefficient (Wildman–Crippen LogP) is 7.44. The Morgan fingerprint density at radius 2 is 0.847 bits per heavy atom. The zero-order valence-corrected chi connectivity index (χ0v) is 41.1. The molecule has 4 aromatic heterocycles. The number of ketones is 2. The maximum atomic E-state index is 13.7. The minimum absolute atomic E-state index is 0.0217. The van der Waals surface area contributed by atoms with Gasteiger partial charge in [0.05, 0.1) is 36.6 Å². The third kappa shape index (κ3) is 13.1. The van der Waals surface area contributed by atoms with E-state index in [1.54, 1.807) is 49.7 Å². The summed E-state index contributed by atoms with van der Waals surface area (Å²) in [5.74, 6) is -9.07. The summed E-state index contributed by atoms with van der Waals surface area (Å²) >= 11 is 0. The molecule has 22 heteroatoms. The van der Waals surface area contributed by atoms with Gasteiger partial charge < -0.3 is 30.4 Å². The van der Waals surface area contributed by atoms with Gasteiger partial charge in [0.15, 0.2) is 23.3 Å². The van der Waals surface area contributed by atoms with Crippen LogP contribution in [-0.2, 0) is 49.9 Å². The Kier molecular flexibility index (Phi) is 18.1. The van der Waals surface area contributed by atoms with Crippen molar-refractivity contribution in [3.8, 4) is 0 Å². The van der Waals surface area contributed by atoms with Crippen molar-refractivity contribution in [2.45, 2.75) is 118 Å². The molecule has 6 rings (SSSR count). The molecule has 0 aliphatic rings. The highest BCUT2D eigenvalue weighted by Gasteiger charge is 2.30. The van der Waals surface area contributed by atoms with E-state index in [1.807, 2.05) is 0 Å². The normalized spacial score (nSPS) is 11.2. The molecule has 0 bridgehead atoms. The number of nitrogens with one attached hydrogen (secondary N) is 4. The zero-order valence-electron chi connectivity index (χ0n) is 41.1. The van der Waals surface area contributed by atoms with Gasteiger partial charge in [-0.05, 0) is 75.9 Å². The fraction of sp³-hybridized carbons (Fsp3) is 0.400. The minimum atomic E-state index is -1.12. The molecule has 4 amide bonds. The van der Waals surface area contributed by atoms with Crippen molar-refractivity contribution in [1.29, 1.82) is 0 Å². The first-order chi connectivity index (χ1) is 34.4. The quantitative estimate of drug-likeness (QED) is 0.0192. The number of unbranched alkanes of at least 4 members (excludes halogenated alkanes) is 9. The second kappa shape index (κ2) is 24.4. The molecule has 2 aromatic carbocycles. The van der Waals surface area contributed by atoms with Crippen LogP contribution in [0.5, 0.6) is 0 Å². The summed E-state index contributed by atoms with van der Waals surface area (Å²) in [6.07, 6.45) is 14.0. The largest absolute Gasteiger partial charge is 0.343 e. The van der Waals surface area contributed by atoms with E-state index in [0.717, 1.165) is 88.5 Å². The van der Waals surface area contributed by atoms with E-state index in [-0.39, 0.29) is 58.1 Å². The maximum absolute atomic E-state index is 13.7. The number of carbonyl (C=O) groups is 6. The third-order valence-electron chi connectivity index (χ3n) is 12.6. The number of Topliss-reactive ketones (excluding diaryl/α,β-unsaturated/α-hetero) is 2. The van der Waals surface area contributed by atoms with Gasteiger partial charge in [-0.25, -0.2) is 17.6 Å². The fourth-order valence-electron chi connectivity index (χ4n) is 8.54. The number of hydrogen-bond acceptors (Lipinski definition) is 10. The highest BCUT2D eigenvalue weighted by Crippen LogP contribution is 2.26. The molecular weight excluding hydrogens is 941 g/mol. The number of hydrogen-bond donors (Lipinski definition) is 4. The smallest absolute Gasteiger partial charge is 0.292 e. The molecule has 4 heterocycles. The number of halogens is 4. The monoisotopic (exact) mass is 998 g/mol. The molecule has 0 atom stereocenters. The van der Waals surface area contributed by atoms with Crippen molar-refractivity contribution in [2.24, 2.45) is 14.1 Å². The lowest BCUT2D eigenvalue weighted by atomic mass is 10.0. The van der Waals surface area contributed by atoms with Crippen LogP contribution in [-0.4, -0.2) is 74.3 Å². The highest BCUT2D eigenvalue weighted by molar-refractivity contribution is 6.44. The molecule has 0 saturated heterocycles. The van der Waals surface area contributed by atoms with E-state index in [4.69, 9.17) is 0 Å². The van der Waals surface area contributed by atoms with Crippen molar-refractivity contribution in [3.05, 3.63) is 128 Å². The van der Waals surface area contributed by atoms with Gasteiger partial charge in [-0.15, -0.1) is 10.2 Å². The van der Waals surface area contributed by atoms with E-state index in [9.17, 15) is 46.3 Å². The topological polar surface area (TPSA) is 222 Å². The van der Waals surface area contributed by atoms with Crippen LogP contribution in [0.15, 0.2) is 48.8 Å². The summed E-state index contributed by atoms with van der Waals surface area (Å²) in [6, 6.07) is 5.90. The van der Waals surface area contributed by atoms with E-state index in [2.05, 4.69) is 41.9 Å². The van der Waals surface area contributed by atoms with Gasteiger partial charge in [-0.2, -0.15) is 0 Å². The Morgan fingerprint density at radius 3 is 1.19 bits per heavy atom. The minimum Gasteiger partial charge on any atom is -0.343 e. The van der Waals surface area contributed by atoms with Crippen LogP contribution in [0.4, 0.5) is 28.9 Å². The lowest BCUT2D eigenvalue weighted by Crippen LogP contribution is -2.31. The lowest BCUT2D eigenvalue weighted by molar-refractivity contribution is -0.117. The van der Waals surface area contributed by atoms with Crippen molar-refractivity contribution < 1.29 is 46.3 Å². The molecule has 382 valence electrons. The van der Waals surface area contributed by atoms with Crippen LogP contribution in [0.1, 0.15) is 140 Å². The lowest BCUT2D eigenvalue weighted by Gasteiger charge is -2.08. The Balaban J connectivity index is 0.803. The van der Waals surface area contributed by atoms with Gasteiger partial charge in [0.25, 0.3) is 35.2 Å². The van der Waals surface area contributed by atoms with Crippen LogP contribution in [0.25, 0.3) is 0 Å². The summed E-state index contributed by atoms with van der Waals surface area (Å²) in [6.45, 7) is 7.56. The number of aromatic nitrogens is 8. The van der Waals surface area contributed by atoms with E-state index >= 15 is 0 Å². The number of amides is 4. The first-order valence-electron chi connectivity index (χ1n) is 23.6. The number of carbonyl (C=O) groups excluding carboxylic acids is 6. The molecule has 0 radical (unpaired) electrons. The first kappa shape index (κ1) is 53.6. The van der Waals surface area contributed by atoms with Crippen LogP contribution < -0.4 is 21.3 Å². The van der Waals surface area contributed by atoms with Crippen LogP contribution in [0.3, 0.4) is 0 Å². The third-order valence-corrected chi connectivity index (χ3v) is 12.6. The summed E-state index contributed by atoms with van der Waals surface area (Å²) < 4.78 is 60.4. The number of benzene rings is 2. The molecule has 0 saturated carbocycles. The number of rotatable bonds is 25. The van der Waals surface area contributed by atoms with Gasteiger partial charge >= 0.3 is 0 Å². The molecule has 0 spiro atoms. The summed E-state index contributed by atoms with van der Waals surface area (Å²) in [4.78, 5) is 78.4. The van der Waals surface area contributed by atoms with Crippen LogP contribution >= 0.6 is 0 Å². The summed E-state index contributed by atoms with van der Waals surface area (Å²) in [7, 11) is 3.13. The average Bonchev–Trinajstić information content (AvgIpc) is 4.11. The molecule has 0 fully saturated rings. The predicted molar refractivity (Wildman–Crippen MR) is 257 cm³/mol.